The first-order valence-corrected chi connectivity index (χ1v) is 10.1. The number of anilines is 1. The summed E-state index contributed by atoms with van der Waals surface area (Å²) in [4.78, 5) is 14.6. The lowest BCUT2D eigenvalue weighted by Gasteiger charge is -2.38. The molecule has 0 fully saturated rings. The number of amides is 1. The molecule has 1 heterocycles. The molecule has 1 atom stereocenters. The quantitative estimate of drug-likeness (QED) is 0.569. The highest BCUT2D eigenvalue weighted by Crippen LogP contribution is 2.37. The lowest BCUT2D eigenvalue weighted by atomic mass is 9.92. The van der Waals surface area contributed by atoms with Gasteiger partial charge in [-0.25, -0.2) is 9.18 Å². The Morgan fingerprint density at radius 1 is 1.26 bits per heavy atom. The van der Waals surface area contributed by atoms with Gasteiger partial charge in [-0.1, -0.05) is 46.3 Å². The minimum Gasteiger partial charge on any atom is -0.443 e. The maximum atomic E-state index is 14.5. The van der Waals surface area contributed by atoms with Crippen molar-refractivity contribution in [2.75, 3.05) is 4.90 Å². The van der Waals surface area contributed by atoms with E-state index >= 15 is 0 Å². The molecule has 0 aliphatic carbocycles. The van der Waals surface area contributed by atoms with Gasteiger partial charge in [-0.3, -0.25) is 4.90 Å². The summed E-state index contributed by atoms with van der Waals surface area (Å²) >= 11 is 3.36. The van der Waals surface area contributed by atoms with Crippen LogP contribution in [-0.4, -0.2) is 17.7 Å². The molecule has 2 aromatic carbocycles. The molecule has 5 heteroatoms. The second-order valence-corrected chi connectivity index (χ2v) is 8.87. The Morgan fingerprint density at radius 2 is 1.96 bits per heavy atom. The standard InChI is InChI=1S/C22H25BrFNO2/c1-22(2,3)27-21(26)25-17(10-9-15-7-5-4-6-8-15)11-12-18-19(24)13-16(23)14-20(18)25/h4-8,13-14,17H,9-12H2,1-3H3. The van der Waals surface area contributed by atoms with E-state index in [2.05, 4.69) is 28.1 Å². The molecule has 1 aliphatic rings. The van der Waals surface area contributed by atoms with Crippen LogP contribution >= 0.6 is 15.9 Å². The number of rotatable bonds is 3. The molecule has 1 amide bonds. The topological polar surface area (TPSA) is 29.5 Å². The third-order valence-electron chi connectivity index (χ3n) is 4.69. The highest BCUT2D eigenvalue weighted by molar-refractivity contribution is 9.10. The molecule has 0 N–H and O–H groups in total. The number of hydrogen-bond acceptors (Lipinski definition) is 2. The van der Waals surface area contributed by atoms with Gasteiger partial charge in [0.05, 0.1) is 5.69 Å². The predicted octanol–water partition coefficient (Wildman–Crippen LogP) is 6.28. The first-order valence-electron chi connectivity index (χ1n) is 9.28. The SMILES string of the molecule is CC(C)(C)OC(=O)N1c2cc(Br)cc(F)c2CCC1CCc1ccccc1. The van der Waals surface area contributed by atoms with E-state index in [1.807, 2.05) is 45.0 Å². The maximum absolute atomic E-state index is 14.5. The van der Waals surface area contributed by atoms with E-state index in [4.69, 9.17) is 4.74 Å². The highest BCUT2D eigenvalue weighted by Gasteiger charge is 2.35. The van der Waals surface area contributed by atoms with Crippen molar-refractivity contribution in [2.24, 2.45) is 0 Å². The van der Waals surface area contributed by atoms with Gasteiger partial charge in [0.15, 0.2) is 0 Å². The first-order chi connectivity index (χ1) is 12.7. The van der Waals surface area contributed by atoms with Crippen molar-refractivity contribution in [3.8, 4) is 0 Å². The lowest BCUT2D eigenvalue weighted by Crippen LogP contribution is -2.46. The highest BCUT2D eigenvalue weighted by atomic mass is 79.9. The molecule has 144 valence electrons. The summed E-state index contributed by atoms with van der Waals surface area (Å²) in [5.74, 6) is -0.283. The number of carbonyl (C=O) groups is 1. The normalized spacial score (nSPS) is 16.8. The van der Waals surface area contributed by atoms with Crippen LogP contribution in [0.3, 0.4) is 0 Å². The molecule has 3 rings (SSSR count). The van der Waals surface area contributed by atoms with Gasteiger partial charge in [-0.2, -0.15) is 0 Å². The van der Waals surface area contributed by atoms with E-state index in [0.29, 0.717) is 22.1 Å². The van der Waals surface area contributed by atoms with Crippen molar-refractivity contribution in [1.29, 1.82) is 0 Å². The van der Waals surface area contributed by atoms with Crippen LogP contribution in [0.25, 0.3) is 0 Å². The largest absolute Gasteiger partial charge is 0.443 e. The second kappa shape index (κ2) is 8.01. The fraction of sp³-hybridized carbons (Fsp3) is 0.409. The predicted molar refractivity (Wildman–Crippen MR) is 110 cm³/mol. The minimum atomic E-state index is -0.608. The molecule has 0 saturated carbocycles. The van der Waals surface area contributed by atoms with Crippen molar-refractivity contribution in [3.63, 3.8) is 0 Å². The van der Waals surface area contributed by atoms with Gasteiger partial charge in [0, 0.05) is 16.1 Å². The zero-order valence-corrected chi connectivity index (χ0v) is 17.6. The summed E-state index contributed by atoms with van der Waals surface area (Å²) in [6.07, 6.45) is 2.58. The van der Waals surface area contributed by atoms with Gasteiger partial charge in [0.2, 0.25) is 0 Å². The molecule has 3 nitrogen and oxygen atoms in total. The number of aryl methyl sites for hydroxylation is 1. The Morgan fingerprint density at radius 3 is 2.63 bits per heavy atom. The van der Waals surface area contributed by atoms with Crippen LogP contribution in [0.15, 0.2) is 46.9 Å². The number of fused-ring (bicyclic) bond motifs is 1. The average molecular weight is 434 g/mol. The zero-order valence-electron chi connectivity index (χ0n) is 16.0. The van der Waals surface area contributed by atoms with E-state index in [1.165, 1.54) is 11.6 Å². The van der Waals surface area contributed by atoms with Gasteiger partial charge in [0.1, 0.15) is 11.4 Å². The van der Waals surface area contributed by atoms with Crippen LogP contribution in [-0.2, 0) is 17.6 Å². The maximum Gasteiger partial charge on any atom is 0.415 e. The molecule has 0 aromatic heterocycles. The molecule has 0 radical (unpaired) electrons. The summed E-state index contributed by atoms with van der Waals surface area (Å²) in [5, 5.41) is 0. The summed E-state index contributed by atoms with van der Waals surface area (Å²) < 4.78 is 20.7. The van der Waals surface area contributed by atoms with E-state index in [-0.39, 0.29) is 11.9 Å². The van der Waals surface area contributed by atoms with E-state index in [9.17, 15) is 9.18 Å². The van der Waals surface area contributed by atoms with Gasteiger partial charge in [0.25, 0.3) is 0 Å². The third kappa shape index (κ3) is 4.89. The molecule has 0 saturated heterocycles. The number of halogens is 2. The fourth-order valence-electron chi connectivity index (χ4n) is 3.50. The summed E-state index contributed by atoms with van der Waals surface area (Å²) in [7, 11) is 0. The molecular formula is C22H25BrFNO2. The van der Waals surface area contributed by atoms with Crippen molar-refractivity contribution in [2.45, 2.75) is 58.1 Å². The average Bonchev–Trinajstić information content (AvgIpc) is 2.58. The molecule has 2 aromatic rings. The van der Waals surface area contributed by atoms with Crippen molar-refractivity contribution in [3.05, 3.63) is 63.9 Å². The molecule has 0 spiro atoms. The van der Waals surface area contributed by atoms with Gasteiger partial charge < -0.3 is 4.74 Å². The van der Waals surface area contributed by atoms with Gasteiger partial charge >= 0.3 is 6.09 Å². The van der Waals surface area contributed by atoms with E-state index in [1.54, 1.807) is 4.90 Å². The van der Waals surface area contributed by atoms with Crippen molar-refractivity contribution < 1.29 is 13.9 Å². The Hall–Kier alpha value is -1.88. The summed E-state index contributed by atoms with van der Waals surface area (Å²) in [6, 6.07) is 13.4. The number of nitrogens with zero attached hydrogens (tertiary/aromatic N) is 1. The van der Waals surface area contributed by atoms with E-state index in [0.717, 1.165) is 19.3 Å². The Kier molecular flexibility index (Phi) is 5.89. The van der Waals surface area contributed by atoms with Crippen LogP contribution in [0.4, 0.5) is 14.9 Å². The number of benzene rings is 2. The molecule has 1 aliphatic heterocycles. The molecule has 0 bridgehead atoms. The van der Waals surface area contributed by atoms with Crippen molar-refractivity contribution in [1.82, 2.24) is 0 Å². The molecule has 27 heavy (non-hydrogen) atoms. The third-order valence-corrected chi connectivity index (χ3v) is 5.15. The Labute approximate surface area is 168 Å². The van der Waals surface area contributed by atoms with Crippen LogP contribution in [0.1, 0.15) is 44.7 Å². The van der Waals surface area contributed by atoms with Gasteiger partial charge in [-0.15, -0.1) is 0 Å². The van der Waals surface area contributed by atoms with E-state index < -0.39 is 11.7 Å². The van der Waals surface area contributed by atoms with Crippen LogP contribution < -0.4 is 4.90 Å². The number of carbonyl (C=O) groups excluding carboxylic acids is 1. The fourth-order valence-corrected chi connectivity index (χ4v) is 3.92. The second-order valence-electron chi connectivity index (χ2n) is 7.95. The van der Waals surface area contributed by atoms with Crippen LogP contribution in [0.2, 0.25) is 0 Å². The zero-order chi connectivity index (χ0) is 19.6. The number of ether oxygens (including phenoxy) is 1. The van der Waals surface area contributed by atoms with Crippen molar-refractivity contribution >= 4 is 27.7 Å². The smallest absolute Gasteiger partial charge is 0.415 e. The summed E-state index contributed by atoms with van der Waals surface area (Å²) in [5.41, 5.74) is 1.82. The lowest BCUT2D eigenvalue weighted by molar-refractivity contribution is 0.0558. The minimum absolute atomic E-state index is 0.0266. The summed E-state index contributed by atoms with van der Waals surface area (Å²) in [6.45, 7) is 5.53. The Bertz CT molecular complexity index is 817. The van der Waals surface area contributed by atoms with Crippen LogP contribution in [0, 0.1) is 5.82 Å². The molecular weight excluding hydrogens is 409 g/mol. The Balaban J connectivity index is 1.91. The van der Waals surface area contributed by atoms with Gasteiger partial charge in [-0.05, 0) is 64.2 Å². The molecule has 1 unspecified atom stereocenters. The van der Waals surface area contributed by atoms with Crippen LogP contribution in [0.5, 0.6) is 0 Å². The first kappa shape index (κ1) is 19.9. The number of hydrogen-bond donors (Lipinski definition) is 0. The monoisotopic (exact) mass is 433 g/mol.